The molecule has 0 aliphatic heterocycles. The van der Waals surface area contributed by atoms with Crippen LogP contribution in [0.2, 0.25) is 5.02 Å². The fraction of sp³-hybridized carbons (Fsp3) is 0. The normalized spacial score (nSPS) is 11.0. The lowest BCUT2D eigenvalue weighted by Gasteiger charge is -2.09. The largest absolute Gasteiger partial charge is 0.370 e. The van der Waals surface area contributed by atoms with Crippen molar-refractivity contribution in [3.63, 3.8) is 0 Å². The van der Waals surface area contributed by atoms with E-state index >= 15 is 0 Å². The summed E-state index contributed by atoms with van der Waals surface area (Å²) in [6.07, 6.45) is 3.45. The Kier molecular flexibility index (Phi) is 3.82. The van der Waals surface area contributed by atoms with Crippen molar-refractivity contribution in [2.45, 2.75) is 0 Å². The molecule has 0 aliphatic rings. The highest BCUT2D eigenvalue weighted by Crippen LogP contribution is 2.30. The molecule has 26 heavy (non-hydrogen) atoms. The number of nitrogens with zero attached hydrogens (tertiary/aromatic N) is 3. The molecule has 2 heterocycles. The van der Waals surface area contributed by atoms with Crippen LogP contribution in [0.25, 0.3) is 27.5 Å². The summed E-state index contributed by atoms with van der Waals surface area (Å²) < 4.78 is 1.90. The number of nitrogens with two attached hydrogens (primary N) is 2. The Hall–Kier alpha value is -3.38. The minimum atomic E-state index is -0.505. The number of pyridine rings is 1. The zero-order valence-electron chi connectivity index (χ0n) is 13.6. The molecule has 4 N–H and O–H groups in total. The van der Waals surface area contributed by atoms with Crippen LogP contribution in [0.3, 0.4) is 0 Å². The number of fused-ring (bicyclic) bond motifs is 2. The SMILES string of the molecule is NC(N)=NC(=O)c1cn(-c2ccnc3ccccc23)c2cc(Cl)ccc12. The minimum Gasteiger partial charge on any atom is -0.370 e. The van der Waals surface area contributed by atoms with Gasteiger partial charge in [0.2, 0.25) is 0 Å². The standard InChI is InChI=1S/C19H14ClN5O/c20-11-5-6-12-14(18(26)24-19(21)22)10-25(17(12)9-11)16-7-8-23-15-4-2-1-3-13(15)16/h1-10H,(H4,21,22,24,26). The molecule has 0 saturated heterocycles. The number of guanidine groups is 1. The number of hydrogen-bond donors (Lipinski definition) is 2. The molecule has 0 spiro atoms. The number of carbonyl (C=O) groups excluding carboxylic acids is 1. The number of carbonyl (C=O) groups is 1. The zero-order valence-corrected chi connectivity index (χ0v) is 14.3. The average Bonchev–Trinajstić information content (AvgIpc) is 2.99. The first kappa shape index (κ1) is 16.1. The molecule has 2 aromatic carbocycles. The molecule has 7 heteroatoms. The Balaban J connectivity index is 2.05. The lowest BCUT2D eigenvalue weighted by molar-refractivity contribution is 0.100. The first-order valence-corrected chi connectivity index (χ1v) is 8.21. The van der Waals surface area contributed by atoms with Crippen molar-refractivity contribution >= 4 is 45.3 Å². The lowest BCUT2D eigenvalue weighted by Crippen LogP contribution is -2.24. The van der Waals surface area contributed by atoms with Crippen molar-refractivity contribution in [1.82, 2.24) is 9.55 Å². The number of amides is 1. The molecule has 2 aromatic heterocycles. The number of rotatable bonds is 2. The van der Waals surface area contributed by atoms with E-state index in [1.54, 1.807) is 30.6 Å². The maximum Gasteiger partial charge on any atom is 0.282 e. The first-order valence-electron chi connectivity index (χ1n) is 7.83. The second-order valence-corrected chi connectivity index (χ2v) is 6.20. The summed E-state index contributed by atoms with van der Waals surface area (Å²) in [6, 6.07) is 15.0. The highest BCUT2D eigenvalue weighted by Gasteiger charge is 2.17. The molecule has 0 radical (unpaired) electrons. The molecule has 0 unspecified atom stereocenters. The van der Waals surface area contributed by atoms with Crippen LogP contribution in [0.4, 0.5) is 0 Å². The zero-order chi connectivity index (χ0) is 18.3. The van der Waals surface area contributed by atoms with Gasteiger partial charge >= 0.3 is 0 Å². The smallest absolute Gasteiger partial charge is 0.282 e. The van der Waals surface area contributed by atoms with Crippen LogP contribution in [0, 0.1) is 0 Å². The topological polar surface area (TPSA) is 99.3 Å². The Morgan fingerprint density at radius 1 is 1.08 bits per heavy atom. The number of para-hydroxylation sites is 1. The van der Waals surface area contributed by atoms with Gasteiger partial charge in [-0.3, -0.25) is 9.78 Å². The lowest BCUT2D eigenvalue weighted by atomic mass is 10.1. The van der Waals surface area contributed by atoms with E-state index in [9.17, 15) is 4.79 Å². The van der Waals surface area contributed by atoms with Gasteiger partial charge in [-0.05, 0) is 24.3 Å². The fourth-order valence-corrected chi connectivity index (χ4v) is 3.20. The van der Waals surface area contributed by atoms with Gasteiger partial charge in [-0.1, -0.05) is 35.9 Å². The summed E-state index contributed by atoms with van der Waals surface area (Å²) in [4.78, 5) is 20.5. The second-order valence-electron chi connectivity index (χ2n) is 5.76. The molecular weight excluding hydrogens is 350 g/mol. The average molecular weight is 364 g/mol. The number of hydrogen-bond acceptors (Lipinski definition) is 2. The van der Waals surface area contributed by atoms with E-state index < -0.39 is 5.91 Å². The monoisotopic (exact) mass is 363 g/mol. The third-order valence-corrected chi connectivity index (χ3v) is 4.35. The minimum absolute atomic E-state index is 0.278. The third kappa shape index (κ3) is 2.66. The number of halogens is 1. The Morgan fingerprint density at radius 2 is 1.88 bits per heavy atom. The summed E-state index contributed by atoms with van der Waals surface area (Å²) in [5.41, 5.74) is 13.6. The van der Waals surface area contributed by atoms with Crippen molar-refractivity contribution in [1.29, 1.82) is 0 Å². The van der Waals surface area contributed by atoms with Crippen molar-refractivity contribution < 1.29 is 4.79 Å². The maximum atomic E-state index is 12.5. The summed E-state index contributed by atoms with van der Waals surface area (Å²) in [7, 11) is 0. The maximum absolute atomic E-state index is 12.5. The van der Waals surface area contributed by atoms with Crippen LogP contribution in [0.15, 0.2) is 65.9 Å². The van der Waals surface area contributed by atoms with E-state index in [1.165, 1.54) is 0 Å². The van der Waals surface area contributed by atoms with E-state index in [2.05, 4.69) is 9.98 Å². The molecule has 0 fully saturated rings. The van der Waals surface area contributed by atoms with Gasteiger partial charge in [0.1, 0.15) is 0 Å². The highest BCUT2D eigenvalue weighted by atomic mass is 35.5. The van der Waals surface area contributed by atoms with Gasteiger partial charge in [-0.25, -0.2) is 0 Å². The molecule has 4 rings (SSSR count). The van der Waals surface area contributed by atoms with E-state index in [0.717, 1.165) is 22.1 Å². The summed E-state index contributed by atoms with van der Waals surface area (Å²) in [5, 5.41) is 2.23. The Morgan fingerprint density at radius 3 is 2.69 bits per heavy atom. The third-order valence-electron chi connectivity index (χ3n) is 4.11. The van der Waals surface area contributed by atoms with Crippen LogP contribution >= 0.6 is 11.6 Å². The van der Waals surface area contributed by atoms with E-state index in [-0.39, 0.29) is 5.96 Å². The molecule has 4 aromatic rings. The van der Waals surface area contributed by atoms with Gasteiger partial charge in [-0.15, -0.1) is 0 Å². The van der Waals surface area contributed by atoms with E-state index in [4.69, 9.17) is 23.1 Å². The summed E-state index contributed by atoms with van der Waals surface area (Å²) in [5.74, 6) is -0.784. The molecular formula is C19H14ClN5O. The van der Waals surface area contributed by atoms with Crippen LogP contribution in [0.5, 0.6) is 0 Å². The predicted octanol–water partition coefficient (Wildman–Crippen LogP) is 3.25. The molecule has 0 aliphatic carbocycles. The van der Waals surface area contributed by atoms with Gasteiger partial charge in [0.05, 0.1) is 22.3 Å². The number of aromatic nitrogens is 2. The van der Waals surface area contributed by atoms with Gasteiger partial charge in [0, 0.05) is 28.2 Å². The molecule has 6 nitrogen and oxygen atoms in total. The van der Waals surface area contributed by atoms with Gasteiger partial charge in [0.25, 0.3) is 5.91 Å². The van der Waals surface area contributed by atoms with Gasteiger partial charge < -0.3 is 16.0 Å². The summed E-state index contributed by atoms with van der Waals surface area (Å²) in [6.45, 7) is 0. The molecule has 0 atom stereocenters. The highest BCUT2D eigenvalue weighted by molar-refractivity contribution is 6.31. The van der Waals surface area contributed by atoms with Crippen LogP contribution in [-0.2, 0) is 0 Å². The van der Waals surface area contributed by atoms with E-state index in [0.29, 0.717) is 16.0 Å². The molecule has 0 bridgehead atoms. The van der Waals surface area contributed by atoms with Crippen LogP contribution in [0.1, 0.15) is 10.4 Å². The summed E-state index contributed by atoms with van der Waals surface area (Å²) >= 11 is 6.19. The molecule has 128 valence electrons. The molecule has 0 saturated carbocycles. The Labute approximate surface area is 153 Å². The quantitative estimate of drug-likeness (QED) is 0.421. The second kappa shape index (κ2) is 6.16. The van der Waals surface area contributed by atoms with Crippen molar-refractivity contribution in [2.24, 2.45) is 16.5 Å². The van der Waals surface area contributed by atoms with Crippen LogP contribution < -0.4 is 11.5 Å². The predicted molar refractivity (Wildman–Crippen MR) is 104 cm³/mol. The number of benzene rings is 2. The fourth-order valence-electron chi connectivity index (χ4n) is 3.04. The van der Waals surface area contributed by atoms with Crippen molar-refractivity contribution in [3.8, 4) is 5.69 Å². The van der Waals surface area contributed by atoms with Gasteiger partial charge in [0.15, 0.2) is 5.96 Å². The van der Waals surface area contributed by atoms with Crippen LogP contribution in [-0.4, -0.2) is 21.4 Å². The number of aliphatic imine (C=N–C) groups is 1. The van der Waals surface area contributed by atoms with Crippen molar-refractivity contribution in [2.75, 3.05) is 0 Å². The van der Waals surface area contributed by atoms with Crippen molar-refractivity contribution in [3.05, 3.63) is 71.5 Å². The molecule has 1 amide bonds. The Bertz CT molecular complexity index is 1190. The first-order chi connectivity index (χ1) is 12.5. The van der Waals surface area contributed by atoms with Gasteiger partial charge in [-0.2, -0.15) is 4.99 Å². The van der Waals surface area contributed by atoms with E-state index in [1.807, 2.05) is 34.9 Å².